The summed E-state index contributed by atoms with van der Waals surface area (Å²) in [5.74, 6) is 0.638. The number of ketones is 1. The number of hydrogen-bond acceptors (Lipinski definition) is 2. The summed E-state index contributed by atoms with van der Waals surface area (Å²) in [5.41, 5.74) is -0.133. The van der Waals surface area contributed by atoms with Crippen molar-refractivity contribution in [2.75, 3.05) is 0 Å². The summed E-state index contributed by atoms with van der Waals surface area (Å²) in [7, 11) is -1.57. The van der Waals surface area contributed by atoms with E-state index in [-0.39, 0.29) is 11.4 Å². The molecule has 104 valence electrons. The van der Waals surface area contributed by atoms with Crippen molar-refractivity contribution in [2.24, 2.45) is 5.92 Å². The van der Waals surface area contributed by atoms with Crippen molar-refractivity contribution < 1.29 is 9.22 Å². The minimum atomic E-state index is -1.57. The molecule has 0 saturated carbocycles. The largest absolute Gasteiger partial charge is 0.411 e. The van der Waals surface area contributed by atoms with Crippen LogP contribution >= 0.6 is 0 Å². The van der Waals surface area contributed by atoms with Gasteiger partial charge in [-0.1, -0.05) is 26.8 Å². The summed E-state index contributed by atoms with van der Waals surface area (Å²) >= 11 is 0. The lowest BCUT2D eigenvalue weighted by Crippen LogP contribution is -2.48. The van der Waals surface area contributed by atoms with Gasteiger partial charge in [-0.25, -0.2) is 0 Å². The Labute approximate surface area is 113 Å². The summed E-state index contributed by atoms with van der Waals surface area (Å²) in [6, 6.07) is 3.54. The Morgan fingerprint density at radius 2 is 1.83 bits per heavy atom. The first-order valence-corrected chi connectivity index (χ1v) is 9.83. The molecule has 2 nitrogen and oxygen atoms in total. The van der Waals surface area contributed by atoms with Gasteiger partial charge in [0.15, 0.2) is 14.1 Å². The van der Waals surface area contributed by atoms with Crippen LogP contribution in [-0.4, -0.2) is 19.7 Å². The maximum absolute atomic E-state index is 11.3. The van der Waals surface area contributed by atoms with Crippen LogP contribution in [0, 0.1) is 5.92 Å². The minimum absolute atomic E-state index is 0.133. The average molecular weight is 268 g/mol. The third-order valence-corrected chi connectivity index (χ3v) is 9.35. The molecule has 0 saturated heterocycles. The highest BCUT2D eigenvalue weighted by Crippen LogP contribution is 2.35. The van der Waals surface area contributed by atoms with Crippen LogP contribution in [0.2, 0.25) is 18.1 Å². The molecule has 1 atom stereocenters. The van der Waals surface area contributed by atoms with Gasteiger partial charge in [-0.15, -0.1) is 0 Å². The van der Waals surface area contributed by atoms with Gasteiger partial charge >= 0.3 is 0 Å². The molecule has 0 heterocycles. The molecule has 0 N–H and O–H groups in total. The second-order valence-corrected chi connectivity index (χ2v) is 10.6. The third kappa shape index (κ3) is 3.54. The molecule has 18 heavy (non-hydrogen) atoms. The van der Waals surface area contributed by atoms with E-state index in [1.165, 1.54) is 18.1 Å². The Kier molecular flexibility index (Phi) is 5.35. The highest BCUT2D eigenvalue weighted by molar-refractivity contribution is 6.73. The van der Waals surface area contributed by atoms with Gasteiger partial charge in [0.2, 0.25) is 0 Å². The molecular formula is C15H28O2Si. The first-order chi connectivity index (χ1) is 8.39. The van der Waals surface area contributed by atoms with E-state index in [0.717, 1.165) is 6.42 Å². The van der Waals surface area contributed by atoms with Gasteiger partial charge in [-0.05, 0) is 44.5 Å². The minimum Gasteiger partial charge on any atom is -0.411 e. The van der Waals surface area contributed by atoms with E-state index < -0.39 is 8.32 Å². The molecule has 0 aliphatic heterocycles. The van der Waals surface area contributed by atoms with Crippen LogP contribution in [0.3, 0.4) is 0 Å². The third-order valence-electron chi connectivity index (χ3n) is 4.52. The Morgan fingerprint density at radius 1 is 1.28 bits per heavy atom. The monoisotopic (exact) mass is 268 g/mol. The van der Waals surface area contributed by atoms with Crippen molar-refractivity contribution in [1.29, 1.82) is 0 Å². The van der Waals surface area contributed by atoms with Gasteiger partial charge in [0.05, 0.1) is 5.60 Å². The standard InChI is InChI=1S/C15H28O2Si/c1-6-18(7-2,8-3)17-15(4,5)13-9-11-14(16)12-10-13/h9,11,13H,6-8,10,12H2,1-5H3/t13-/m0/s1. The molecule has 0 unspecified atom stereocenters. The second kappa shape index (κ2) is 6.16. The lowest BCUT2D eigenvalue weighted by Gasteiger charge is -2.42. The number of rotatable bonds is 6. The van der Waals surface area contributed by atoms with Gasteiger partial charge in [-0.2, -0.15) is 0 Å². The Hall–Kier alpha value is -0.413. The number of carbonyl (C=O) groups is 1. The smallest absolute Gasteiger partial charge is 0.192 e. The van der Waals surface area contributed by atoms with Crippen molar-refractivity contribution in [1.82, 2.24) is 0 Å². The molecule has 0 radical (unpaired) electrons. The van der Waals surface area contributed by atoms with Crippen LogP contribution in [0.25, 0.3) is 0 Å². The first kappa shape index (κ1) is 15.6. The highest BCUT2D eigenvalue weighted by Gasteiger charge is 2.39. The summed E-state index contributed by atoms with van der Waals surface area (Å²) in [4.78, 5) is 11.3. The fraction of sp³-hybridized carbons (Fsp3) is 0.800. The predicted octanol–water partition coefficient (Wildman–Crippen LogP) is 4.32. The normalized spacial score (nSPS) is 21.4. The van der Waals surface area contributed by atoms with Gasteiger partial charge < -0.3 is 4.43 Å². The summed E-state index contributed by atoms with van der Waals surface area (Å²) < 4.78 is 6.62. The van der Waals surface area contributed by atoms with E-state index in [0.29, 0.717) is 12.3 Å². The van der Waals surface area contributed by atoms with Gasteiger partial charge in [0, 0.05) is 12.3 Å². The molecule has 0 bridgehead atoms. The summed E-state index contributed by atoms with van der Waals surface area (Å²) in [5, 5.41) is 0. The second-order valence-electron chi connectivity index (χ2n) is 5.92. The van der Waals surface area contributed by atoms with E-state index in [1.807, 2.05) is 0 Å². The van der Waals surface area contributed by atoms with E-state index in [1.54, 1.807) is 6.08 Å². The molecule has 0 aromatic heterocycles. The molecule has 0 aromatic carbocycles. The lowest BCUT2D eigenvalue weighted by molar-refractivity contribution is -0.115. The zero-order valence-electron chi connectivity index (χ0n) is 12.6. The maximum Gasteiger partial charge on any atom is 0.192 e. The lowest BCUT2D eigenvalue weighted by atomic mass is 9.83. The van der Waals surface area contributed by atoms with Crippen LogP contribution in [0.5, 0.6) is 0 Å². The quantitative estimate of drug-likeness (QED) is 0.671. The van der Waals surface area contributed by atoms with Crippen molar-refractivity contribution in [3.8, 4) is 0 Å². The van der Waals surface area contributed by atoms with Crippen LogP contribution in [-0.2, 0) is 9.22 Å². The fourth-order valence-corrected chi connectivity index (χ4v) is 6.08. The van der Waals surface area contributed by atoms with Crippen LogP contribution in [0.4, 0.5) is 0 Å². The number of carbonyl (C=O) groups excluding carboxylic acids is 1. The van der Waals surface area contributed by atoms with E-state index >= 15 is 0 Å². The fourth-order valence-electron chi connectivity index (χ4n) is 2.88. The molecule has 3 heteroatoms. The van der Waals surface area contributed by atoms with Crippen LogP contribution < -0.4 is 0 Å². The molecule has 0 fully saturated rings. The molecule has 1 rings (SSSR count). The zero-order chi connectivity index (χ0) is 13.8. The maximum atomic E-state index is 11.3. The molecular weight excluding hydrogens is 240 g/mol. The van der Waals surface area contributed by atoms with Crippen LogP contribution in [0.15, 0.2) is 12.2 Å². The van der Waals surface area contributed by atoms with E-state index in [9.17, 15) is 4.79 Å². The van der Waals surface area contributed by atoms with E-state index in [2.05, 4.69) is 40.7 Å². The molecule has 0 spiro atoms. The van der Waals surface area contributed by atoms with Gasteiger partial charge in [-0.3, -0.25) is 4.79 Å². The van der Waals surface area contributed by atoms with Crippen molar-refractivity contribution in [3.63, 3.8) is 0 Å². The Bertz CT molecular complexity index is 308. The van der Waals surface area contributed by atoms with Crippen LogP contribution in [0.1, 0.15) is 47.5 Å². The highest BCUT2D eigenvalue weighted by atomic mass is 28.4. The molecule has 0 amide bonds. The predicted molar refractivity (Wildman–Crippen MR) is 79.2 cm³/mol. The first-order valence-electron chi connectivity index (χ1n) is 7.30. The Morgan fingerprint density at radius 3 is 2.22 bits per heavy atom. The van der Waals surface area contributed by atoms with Crippen molar-refractivity contribution in [3.05, 3.63) is 12.2 Å². The average Bonchev–Trinajstić information content (AvgIpc) is 2.37. The van der Waals surface area contributed by atoms with Crippen molar-refractivity contribution >= 4 is 14.1 Å². The summed E-state index contributed by atoms with van der Waals surface area (Å²) in [6.07, 6.45) is 5.41. The van der Waals surface area contributed by atoms with Crippen molar-refractivity contribution in [2.45, 2.75) is 71.2 Å². The van der Waals surface area contributed by atoms with Gasteiger partial charge in [0.25, 0.3) is 0 Å². The SMILES string of the molecule is CC[Si](CC)(CC)OC(C)(C)[C@H]1C=CC(=O)CC1. The van der Waals surface area contributed by atoms with Gasteiger partial charge in [0.1, 0.15) is 0 Å². The topological polar surface area (TPSA) is 26.3 Å². The molecule has 1 aliphatic rings. The molecule has 1 aliphatic carbocycles. The number of allylic oxidation sites excluding steroid dienone is 1. The zero-order valence-corrected chi connectivity index (χ0v) is 13.6. The number of hydrogen-bond donors (Lipinski definition) is 0. The Balaban J connectivity index is 2.80. The summed E-state index contributed by atoms with van der Waals surface area (Å²) in [6.45, 7) is 11.2. The van der Waals surface area contributed by atoms with E-state index in [4.69, 9.17) is 4.43 Å². The molecule has 0 aromatic rings.